The fourth-order valence-electron chi connectivity index (χ4n) is 2.18. The highest BCUT2D eigenvalue weighted by Crippen LogP contribution is 2.19. The maximum absolute atomic E-state index is 12.0. The van der Waals surface area contributed by atoms with Gasteiger partial charge in [-0.25, -0.2) is 0 Å². The van der Waals surface area contributed by atoms with E-state index >= 15 is 0 Å². The zero-order chi connectivity index (χ0) is 13.0. The molecule has 3 N–H and O–H groups in total. The number of carbonyl (C=O) groups is 1. The van der Waals surface area contributed by atoms with E-state index in [9.17, 15) is 9.90 Å². The molecule has 1 amide bonds. The van der Waals surface area contributed by atoms with Crippen LogP contribution in [0.5, 0.6) is 0 Å². The molecule has 0 saturated carbocycles. The number of carbonyl (C=O) groups excluding carboxylic acids is 1. The van der Waals surface area contributed by atoms with Gasteiger partial charge in [0.2, 0.25) is 5.91 Å². The Morgan fingerprint density at radius 2 is 2.26 bits per heavy atom. The van der Waals surface area contributed by atoms with Crippen LogP contribution in [-0.2, 0) is 4.79 Å². The number of aliphatic hydroxyl groups excluding tert-OH is 1. The van der Waals surface area contributed by atoms with Crippen LogP contribution >= 0.6 is 12.4 Å². The maximum atomic E-state index is 12.0. The standard InChI is InChI=1S/C13H19N3O2.ClH/c1-13(5-2-6-16-13)12(18)15-9-11(17)10-3-7-14-8-4-10;/h3-4,7-8,11,16-17H,2,5-6,9H2,1H3,(H,15,18);1H. The molecule has 2 rings (SSSR count). The number of aliphatic hydroxyl groups is 1. The first-order valence-electron chi connectivity index (χ1n) is 6.23. The number of hydrogen-bond donors (Lipinski definition) is 3. The molecule has 2 unspecified atom stereocenters. The molecule has 5 nitrogen and oxygen atoms in total. The Morgan fingerprint density at radius 1 is 1.58 bits per heavy atom. The summed E-state index contributed by atoms with van der Waals surface area (Å²) in [6, 6.07) is 3.48. The van der Waals surface area contributed by atoms with Crippen LogP contribution < -0.4 is 10.6 Å². The molecule has 0 aromatic carbocycles. The van der Waals surface area contributed by atoms with Crippen LogP contribution in [0.25, 0.3) is 0 Å². The topological polar surface area (TPSA) is 74.2 Å². The summed E-state index contributed by atoms with van der Waals surface area (Å²) in [7, 11) is 0. The Kier molecular flexibility index (Phi) is 5.72. The fourth-order valence-corrected chi connectivity index (χ4v) is 2.18. The minimum absolute atomic E-state index is 0. The van der Waals surface area contributed by atoms with Crippen molar-refractivity contribution < 1.29 is 9.90 Å². The van der Waals surface area contributed by atoms with Gasteiger partial charge in [-0.1, -0.05) is 0 Å². The first-order valence-corrected chi connectivity index (χ1v) is 6.23. The number of pyridine rings is 1. The molecular weight excluding hydrogens is 266 g/mol. The predicted octanol–water partition coefficient (Wildman–Crippen LogP) is 0.795. The molecule has 2 heterocycles. The summed E-state index contributed by atoms with van der Waals surface area (Å²) in [4.78, 5) is 15.9. The minimum atomic E-state index is -0.693. The van der Waals surface area contributed by atoms with E-state index in [2.05, 4.69) is 15.6 Å². The summed E-state index contributed by atoms with van der Waals surface area (Å²) in [5.74, 6) is -0.0480. The van der Waals surface area contributed by atoms with Crippen LogP contribution in [0.15, 0.2) is 24.5 Å². The molecule has 2 atom stereocenters. The largest absolute Gasteiger partial charge is 0.387 e. The van der Waals surface area contributed by atoms with E-state index in [0.29, 0.717) is 0 Å². The van der Waals surface area contributed by atoms with Crippen molar-refractivity contribution in [2.24, 2.45) is 0 Å². The minimum Gasteiger partial charge on any atom is -0.387 e. The van der Waals surface area contributed by atoms with Gasteiger partial charge in [-0.05, 0) is 44.0 Å². The Hall–Kier alpha value is -1.17. The molecule has 106 valence electrons. The Labute approximate surface area is 119 Å². The van der Waals surface area contributed by atoms with E-state index in [0.717, 1.165) is 24.9 Å². The Balaban J connectivity index is 0.00000180. The van der Waals surface area contributed by atoms with Crippen molar-refractivity contribution in [3.05, 3.63) is 30.1 Å². The highest BCUT2D eigenvalue weighted by atomic mass is 35.5. The van der Waals surface area contributed by atoms with Gasteiger partial charge in [0.1, 0.15) is 0 Å². The normalized spacial score (nSPS) is 23.5. The number of amides is 1. The van der Waals surface area contributed by atoms with E-state index in [1.54, 1.807) is 24.5 Å². The molecule has 6 heteroatoms. The van der Waals surface area contributed by atoms with Gasteiger partial charge in [0.05, 0.1) is 11.6 Å². The summed E-state index contributed by atoms with van der Waals surface area (Å²) < 4.78 is 0. The Morgan fingerprint density at radius 3 is 2.84 bits per heavy atom. The fraction of sp³-hybridized carbons (Fsp3) is 0.538. The lowest BCUT2D eigenvalue weighted by Gasteiger charge is -2.24. The molecule has 1 aromatic heterocycles. The van der Waals surface area contributed by atoms with Crippen molar-refractivity contribution in [3.8, 4) is 0 Å². The van der Waals surface area contributed by atoms with Crippen LogP contribution in [0.2, 0.25) is 0 Å². The molecule has 1 fully saturated rings. The molecule has 1 aromatic rings. The van der Waals surface area contributed by atoms with Crippen LogP contribution in [0, 0.1) is 0 Å². The van der Waals surface area contributed by atoms with E-state index < -0.39 is 11.6 Å². The van der Waals surface area contributed by atoms with Crippen LogP contribution in [0.4, 0.5) is 0 Å². The third kappa shape index (κ3) is 3.89. The second-order valence-corrected chi connectivity index (χ2v) is 4.87. The molecule has 0 spiro atoms. The van der Waals surface area contributed by atoms with Gasteiger partial charge in [0, 0.05) is 18.9 Å². The third-order valence-electron chi connectivity index (χ3n) is 3.42. The monoisotopic (exact) mass is 285 g/mol. The Bertz CT molecular complexity index is 408. The lowest BCUT2D eigenvalue weighted by atomic mass is 9.99. The van der Waals surface area contributed by atoms with Crippen LogP contribution in [0.3, 0.4) is 0 Å². The average Bonchev–Trinajstić information content (AvgIpc) is 2.85. The highest BCUT2D eigenvalue weighted by Gasteiger charge is 2.35. The van der Waals surface area contributed by atoms with Crippen LogP contribution in [-0.4, -0.2) is 34.6 Å². The van der Waals surface area contributed by atoms with Gasteiger partial charge in [-0.2, -0.15) is 0 Å². The number of halogens is 1. The second-order valence-electron chi connectivity index (χ2n) is 4.87. The summed E-state index contributed by atoms with van der Waals surface area (Å²) in [5, 5.41) is 15.9. The zero-order valence-electron chi connectivity index (χ0n) is 10.9. The van der Waals surface area contributed by atoms with E-state index in [-0.39, 0.29) is 24.9 Å². The number of aromatic nitrogens is 1. The maximum Gasteiger partial charge on any atom is 0.240 e. The molecule has 1 aliphatic heterocycles. The summed E-state index contributed by atoms with van der Waals surface area (Å²) >= 11 is 0. The van der Waals surface area contributed by atoms with Crippen molar-refractivity contribution >= 4 is 18.3 Å². The van der Waals surface area contributed by atoms with Gasteiger partial charge in [-0.15, -0.1) is 12.4 Å². The molecule has 1 saturated heterocycles. The zero-order valence-corrected chi connectivity index (χ0v) is 11.7. The molecule has 1 aliphatic rings. The SMILES string of the molecule is CC1(C(=O)NCC(O)c2ccncc2)CCCN1.Cl. The summed E-state index contributed by atoms with van der Waals surface area (Å²) in [5.41, 5.74) is 0.271. The molecular formula is C13H20ClN3O2. The quantitative estimate of drug-likeness (QED) is 0.765. The molecule has 0 bridgehead atoms. The highest BCUT2D eigenvalue weighted by molar-refractivity contribution is 5.86. The molecule has 0 radical (unpaired) electrons. The summed E-state index contributed by atoms with van der Waals surface area (Å²) in [6.07, 6.45) is 4.41. The third-order valence-corrected chi connectivity index (χ3v) is 3.42. The van der Waals surface area contributed by atoms with Gasteiger partial charge < -0.3 is 15.7 Å². The smallest absolute Gasteiger partial charge is 0.240 e. The number of nitrogens with one attached hydrogen (secondary N) is 2. The van der Waals surface area contributed by atoms with Crippen LogP contribution in [0.1, 0.15) is 31.4 Å². The molecule has 0 aliphatic carbocycles. The van der Waals surface area contributed by atoms with Crippen molar-refractivity contribution in [2.75, 3.05) is 13.1 Å². The summed E-state index contributed by atoms with van der Waals surface area (Å²) in [6.45, 7) is 2.99. The first-order chi connectivity index (χ1) is 8.62. The van der Waals surface area contributed by atoms with Crippen molar-refractivity contribution in [1.82, 2.24) is 15.6 Å². The first kappa shape index (κ1) is 15.9. The number of rotatable bonds is 4. The van der Waals surface area contributed by atoms with Gasteiger partial charge in [0.15, 0.2) is 0 Å². The lowest BCUT2D eigenvalue weighted by molar-refractivity contribution is -0.127. The molecule has 19 heavy (non-hydrogen) atoms. The number of hydrogen-bond acceptors (Lipinski definition) is 4. The average molecular weight is 286 g/mol. The van der Waals surface area contributed by atoms with Crippen molar-refractivity contribution in [3.63, 3.8) is 0 Å². The van der Waals surface area contributed by atoms with E-state index in [1.807, 2.05) is 6.92 Å². The van der Waals surface area contributed by atoms with Crippen molar-refractivity contribution in [2.45, 2.75) is 31.4 Å². The van der Waals surface area contributed by atoms with Gasteiger partial charge >= 0.3 is 0 Å². The predicted molar refractivity (Wildman–Crippen MR) is 75.1 cm³/mol. The van der Waals surface area contributed by atoms with Gasteiger partial charge in [-0.3, -0.25) is 9.78 Å². The lowest BCUT2D eigenvalue weighted by Crippen LogP contribution is -2.51. The van der Waals surface area contributed by atoms with E-state index in [1.165, 1.54) is 0 Å². The second kappa shape index (κ2) is 6.84. The van der Waals surface area contributed by atoms with Gasteiger partial charge in [0.25, 0.3) is 0 Å². The number of nitrogens with zero attached hydrogens (tertiary/aromatic N) is 1. The van der Waals surface area contributed by atoms with E-state index in [4.69, 9.17) is 0 Å². The van der Waals surface area contributed by atoms with Crippen molar-refractivity contribution in [1.29, 1.82) is 0 Å².